The third kappa shape index (κ3) is 2.02. The van der Waals surface area contributed by atoms with Gasteiger partial charge in [0.25, 0.3) is 5.69 Å². The molecule has 0 fully saturated rings. The molecule has 0 bridgehead atoms. The summed E-state index contributed by atoms with van der Waals surface area (Å²) in [6.45, 7) is 0.0547. The van der Waals surface area contributed by atoms with Crippen molar-refractivity contribution in [3.63, 3.8) is 0 Å². The molecule has 0 saturated carbocycles. The summed E-state index contributed by atoms with van der Waals surface area (Å²) >= 11 is 2.95. The van der Waals surface area contributed by atoms with E-state index in [2.05, 4.69) is 15.9 Å². The SMILES string of the molecule is NCc1cc([N+](=O)[O-])cc(F)c1Br. The van der Waals surface area contributed by atoms with Gasteiger partial charge in [-0.25, -0.2) is 4.39 Å². The Morgan fingerprint density at radius 2 is 2.23 bits per heavy atom. The van der Waals surface area contributed by atoms with Crippen molar-refractivity contribution in [2.45, 2.75) is 6.54 Å². The van der Waals surface area contributed by atoms with Gasteiger partial charge in [-0.2, -0.15) is 0 Å². The molecule has 0 aliphatic heterocycles. The summed E-state index contributed by atoms with van der Waals surface area (Å²) in [6.07, 6.45) is 0. The van der Waals surface area contributed by atoms with Crippen LogP contribution in [0.1, 0.15) is 5.56 Å². The molecule has 0 aromatic heterocycles. The summed E-state index contributed by atoms with van der Waals surface area (Å²) in [5, 5.41) is 10.3. The Bertz CT molecular complexity index is 357. The normalized spacial score (nSPS) is 10.1. The van der Waals surface area contributed by atoms with Crippen molar-refractivity contribution in [3.8, 4) is 0 Å². The first-order valence-electron chi connectivity index (χ1n) is 3.38. The summed E-state index contributed by atoms with van der Waals surface area (Å²) < 4.78 is 13.2. The lowest BCUT2D eigenvalue weighted by atomic mass is 10.2. The Balaban J connectivity index is 3.30. The molecule has 2 N–H and O–H groups in total. The van der Waals surface area contributed by atoms with Gasteiger partial charge in [-0.1, -0.05) is 0 Å². The van der Waals surface area contributed by atoms with Gasteiger partial charge in [0, 0.05) is 12.6 Å². The lowest BCUT2D eigenvalue weighted by molar-refractivity contribution is -0.385. The van der Waals surface area contributed by atoms with Crippen molar-refractivity contribution in [2.24, 2.45) is 5.73 Å². The zero-order valence-electron chi connectivity index (χ0n) is 6.46. The van der Waals surface area contributed by atoms with Crippen LogP contribution in [0.25, 0.3) is 0 Å². The molecule has 0 unspecified atom stereocenters. The van der Waals surface area contributed by atoms with E-state index in [4.69, 9.17) is 5.73 Å². The van der Waals surface area contributed by atoms with Crippen molar-refractivity contribution in [2.75, 3.05) is 0 Å². The Hall–Kier alpha value is -1.01. The minimum Gasteiger partial charge on any atom is -0.326 e. The van der Waals surface area contributed by atoms with Gasteiger partial charge in [0.15, 0.2) is 0 Å². The van der Waals surface area contributed by atoms with E-state index < -0.39 is 10.7 Å². The second kappa shape index (κ2) is 3.80. The first-order valence-corrected chi connectivity index (χ1v) is 4.18. The fourth-order valence-electron chi connectivity index (χ4n) is 0.884. The Kier molecular flexibility index (Phi) is 2.94. The molecule has 0 saturated heterocycles. The number of nitro benzene ring substituents is 1. The van der Waals surface area contributed by atoms with E-state index in [9.17, 15) is 14.5 Å². The molecule has 0 spiro atoms. The molecular weight excluding hydrogens is 243 g/mol. The van der Waals surface area contributed by atoms with Gasteiger partial charge in [-0.3, -0.25) is 10.1 Å². The maximum Gasteiger partial charge on any atom is 0.272 e. The van der Waals surface area contributed by atoms with Crippen molar-refractivity contribution in [1.82, 2.24) is 0 Å². The molecule has 4 nitrogen and oxygen atoms in total. The molecule has 13 heavy (non-hydrogen) atoms. The van der Waals surface area contributed by atoms with E-state index in [-0.39, 0.29) is 16.7 Å². The predicted molar refractivity (Wildman–Crippen MR) is 48.6 cm³/mol. The van der Waals surface area contributed by atoms with Gasteiger partial charge in [-0.05, 0) is 21.5 Å². The van der Waals surface area contributed by atoms with Crippen LogP contribution in [-0.4, -0.2) is 4.92 Å². The van der Waals surface area contributed by atoms with Gasteiger partial charge in [0.05, 0.1) is 15.5 Å². The number of nitrogens with zero attached hydrogens (tertiary/aromatic N) is 1. The number of halogens is 2. The summed E-state index contributed by atoms with van der Waals surface area (Å²) in [5.41, 5.74) is 5.36. The zero-order valence-corrected chi connectivity index (χ0v) is 8.04. The van der Waals surface area contributed by atoms with Crippen LogP contribution in [0, 0.1) is 15.9 Å². The van der Waals surface area contributed by atoms with Gasteiger partial charge in [-0.15, -0.1) is 0 Å². The summed E-state index contributed by atoms with van der Waals surface area (Å²) in [6, 6.07) is 2.09. The molecule has 6 heteroatoms. The lowest BCUT2D eigenvalue weighted by Gasteiger charge is -2.01. The van der Waals surface area contributed by atoms with E-state index in [1.165, 1.54) is 6.07 Å². The standard InChI is InChI=1S/C7H6BrFN2O2/c8-7-4(3-10)1-5(11(12)13)2-6(7)9/h1-2H,3,10H2. The van der Waals surface area contributed by atoms with Crippen molar-refractivity contribution >= 4 is 21.6 Å². The number of rotatable bonds is 2. The van der Waals surface area contributed by atoms with E-state index in [0.717, 1.165) is 6.07 Å². The van der Waals surface area contributed by atoms with E-state index in [1.807, 2.05) is 0 Å². The third-order valence-corrected chi connectivity index (χ3v) is 2.41. The van der Waals surface area contributed by atoms with E-state index in [1.54, 1.807) is 0 Å². The van der Waals surface area contributed by atoms with Gasteiger partial charge in [0.2, 0.25) is 0 Å². The Morgan fingerprint density at radius 1 is 1.62 bits per heavy atom. The molecule has 1 aromatic rings. The fourth-order valence-corrected chi connectivity index (χ4v) is 1.27. The second-order valence-electron chi connectivity index (χ2n) is 2.36. The highest BCUT2D eigenvalue weighted by atomic mass is 79.9. The fraction of sp³-hybridized carbons (Fsp3) is 0.143. The quantitative estimate of drug-likeness (QED) is 0.643. The van der Waals surface area contributed by atoms with Crippen molar-refractivity contribution in [3.05, 3.63) is 38.1 Å². The van der Waals surface area contributed by atoms with Crippen LogP contribution in [0.3, 0.4) is 0 Å². The van der Waals surface area contributed by atoms with Crippen LogP contribution in [0.5, 0.6) is 0 Å². The van der Waals surface area contributed by atoms with E-state index in [0.29, 0.717) is 5.56 Å². The molecule has 0 aliphatic carbocycles. The number of non-ortho nitro benzene ring substituents is 1. The molecular formula is C7H6BrFN2O2. The van der Waals surface area contributed by atoms with Gasteiger partial charge >= 0.3 is 0 Å². The molecule has 0 aliphatic rings. The maximum absolute atomic E-state index is 13.0. The van der Waals surface area contributed by atoms with Gasteiger partial charge < -0.3 is 5.73 Å². The average Bonchev–Trinajstić information content (AvgIpc) is 2.09. The number of hydrogen-bond donors (Lipinski definition) is 1. The topological polar surface area (TPSA) is 69.2 Å². The second-order valence-corrected chi connectivity index (χ2v) is 3.15. The maximum atomic E-state index is 13.0. The summed E-state index contributed by atoms with van der Waals surface area (Å²) in [5.74, 6) is -0.672. The molecule has 1 aromatic carbocycles. The third-order valence-electron chi connectivity index (χ3n) is 1.52. The first kappa shape index (κ1) is 10.1. The van der Waals surface area contributed by atoms with Crippen LogP contribution < -0.4 is 5.73 Å². The number of nitrogens with two attached hydrogens (primary N) is 1. The van der Waals surface area contributed by atoms with Crippen molar-refractivity contribution < 1.29 is 9.31 Å². The van der Waals surface area contributed by atoms with E-state index >= 15 is 0 Å². The number of hydrogen-bond acceptors (Lipinski definition) is 3. The van der Waals surface area contributed by atoms with Crippen molar-refractivity contribution in [1.29, 1.82) is 0 Å². The lowest BCUT2D eigenvalue weighted by Crippen LogP contribution is -2.00. The van der Waals surface area contributed by atoms with Crippen LogP contribution in [0.4, 0.5) is 10.1 Å². The molecule has 0 atom stereocenters. The van der Waals surface area contributed by atoms with Crippen LogP contribution >= 0.6 is 15.9 Å². The molecule has 0 heterocycles. The summed E-state index contributed by atoms with van der Waals surface area (Å²) in [4.78, 5) is 9.66. The molecule has 0 radical (unpaired) electrons. The zero-order chi connectivity index (χ0) is 10.0. The Labute approximate surface area is 81.8 Å². The van der Waals surface area contributed by atoms with Crippen LogP contribution in [0.2, 0.25) is 0 Å². The van der Waals surface area contributed by atoms with Gasteiger partial charge in [0.1, 0.15) is 5.82 Å². The Morgan fingerprint density at radius 3 is 2.69 bits per heavy atom. The highest BCUT2D eigenvalue weighted by Crippen LogP contribution is 2.25. The molecule has 70 valence electrons. The smallest absolute Gasteiger partial charge is 0.272 e. The van der Waals surface area contributed by atoms with Crippen LogP contribution in [0.15, 0.2) is 16.6 Å². The number of benzene rings is 1. The van der Waals surface area contributed by atoms with Crippen LogP contribution in [-0.2, 0) is 6.54 Å². The minimum absolute atomic E-state index is 0.0547. The summed E-state index contributed by atoms with van der Waals surface area (Å²) in [7, 11) is 0. The highest BCUT2D eigenvalue weighted by molar-refractivity contribution is 9.10. The monoisotopic (exact) mass is 248 g/mol. The average molecular weight is 249 g/mol. The molecule has 1 rings (SSSR count). The number of nitro groups is 1. The molecule has 0 amide bonds. The first-order chi connectivity index (χ1) is 6.06. The largest absolute Gasteiger partial charge is 0.326 e. The minimum atomic E-state index is -0.672. The highest BCUT2D eigenvalue weighted by Gasteiger charge is 2.13. The predicted octanol–water partition coefficient (Wildman–Crippen LogP) is 1.96.